The molecular weight excluding hydrogens is 443 g/mol. The molecule has 0 aliphatic carbocycles. The highest BCUT2D eigenvalue weighted by Crippen LogP contribution is 2.11. The first-order valence-corrected chi connectivity index (χ1v) is 10.1. The fraction of sp³-hybridized carbons (Fsp3) is 0.867. The molecule has 2 atom stereocenters. The van der Waals surface area contributed by atoms with Crippen molar-refractivity contribution in [1.29, 1.82) is 0 Å². The molecule has 0 aromatic heterocycles. The smallest absolute Gasteiger partial charge is 0.222 e. The third-order valence-electron chi connectivity index (χ3n) is 3.91. The van der Waals surface area contributed by atoms with Crippen molar-refractivity contribution in [3.63, 3.8) is 0 Å². The van der Waals surface area contributed by atoms with E-state index in [0.29, 0.717) is 24.8 Å². The Morgan fingerprint density at radius 1 is 1.29 bits per heavy atom. The number of hydrogen-bond donors (Lipinski definition) is 3. The molecule has 142 valence electrons. The third-order valence-corrected chi connectivity index (χ3v) is 5.68. The molecule has 0 aromatic rings. The lowest BCUT2D eigenvalue weighted by Gasteiger charge is -2.20. The summed E-state index contributed by atoms with van der Waals surface area (Å²) in [6, 6.07) is 0.0362. The quantitative estimate of drug-likeness (QED) is 0.289. The lowest BCUT2D eigenvalue weighted by atomic mass is 10.1. The van der Waals surface area contributed by atoms with Crippen LogP contribution in [0.15, 0.2) is 4.99 Å². The summed E-state index contributed by atoms with van der Waals surface area (Å²) in [7, 11) is -2.97. The molecule has 0 radical (unpaired) electrons. The van der Waals surface area contributed by atoms with Crippen molar-refractivity contribution in [2.24, 2.45) is 10.9 Å². The molecule has 2 unspecified atom stereocenters. The molecule has 0 saturated carbocycles. The van der Waals surface area contributed by atoms with Gasteiger partial charge in [-0.05, 0) is 26.2 Å². The Balaban J connectivity index is 0.00000529. The van der Waals surface area contributed by atoms with E-state index in [-0.39, 0.29) is 59.9 Å². The highest BCUT2D eigenvalue weighted by molar-refractivity contribution is 14.0. The van der Waals surface area contributed by atoms with Gasteiger partial charge in [-0.15, -0.1) is 24.0 Å². The fourth-order valence-electron chi connectivity index (χ4n) is 2.18. The summed E-state index contributed by atoms with van der Waals surface area (Å²) in [4.78, 5) is 16.3. The normalized spacial score (nSPS) is 21.0. The van der Waals surface area contributed by atoms with Crippen molar-refractivity contribution in [3.8, 4) is 0 Å². The average Bonchev–Trinajstić information content (AvgIpc) is 2.77. The minimum Gasteiger partial charge on any atom is -0.357 e. The number of aliphatic imine (C=N–C) groups is 1. The molecule has 3 N–H and O–H groups in total. The van der Waals surface area contributed by atoms with E-state index in [0.717, 1.165) is 6.54 Å². The topological polar surface area (TPSA) is 99.7 Å². The molecule has 0 aromatic carbocycles. The van der Waals surface area contributed by atoms with Crippen molar-refractivity contribution in [2.45, 2.75) is 52.6 Å². The first-order valence-electron chi connectivity index (χ1n) is 8.28. The van der Waals surface area contributed by atoms with Crippen LogP contribution in [0.5, 0.6) is 0 Å². The van der Waals surface area contributed by atoms with Crippen LogP contribution < -0.4 is 16.0 Å². The van der Waals surface area contributed by atoms with Crippen molar-refractivity contribution in [1.82, 2.24) is 16.0 Å². The molecule has 1 aliphatic heterocycles. The van der Waals surface area contributed by atoms with Gasteiger partial charge in [-0.25, -0.2) is 8.42 Å². The van der Waals surface area contributed by atoms with Gasteiger partial charge in [0.2, 0.25) is 5.91 Å². The molecule has 0 spiro atoms. The van der Waals surface area contributed by atoms with Crippen LogP contribution in [0.1, 0.15) is 40.5 Å². The lowest BCUT2D eigenvalue weighted by Crippen LogP contribution is -2.44. The summed E-state index contributed by atoms with van der Waals surface area (Å²) >= 11 is 0. The SMILES string of the molecule is CCNC(=NCCC(=O)NC1CCS(=O)(=O)C1)NC(C)C(C)C.I. The largest absolute Gasteiger partial charge is 0.357 e. The van der Waals surface area contributed by atoms with Crippen LogP contribution in [-0.2, 0) is 14.6 Å². The van der Waals surface area contributed by atoms with E-state index in [1.807, 2.05) is 6.92 Å². The van der Waals surface area contributed by atoms with E-state index >= 15 is 0 Å². The number of sulfone groups is 1. The molecule has 1 amide bonds. The average molecular weight is 474 g/mol. The Hall–Kier alpha value is -0.580. The molecular formula is C15H31IN4O3S. The standard InChI is InChI=1S/C15H30N4O3S.HI/c1-5-16-15(18-12(4)11(2)3)17-8-6-14(20)19-13-7-9-23(21,22)10-13;/h11-13H,5-10H2,1-4H3,(H,19,20)(H2,16,17,18);1H. The van der Waals surface area contributed by atoms with Crippen molar-refractivity contribution in [2.75, 3.05) is 24.6 Å². The Morgan fingerprint density at radius 2 is 1.96 bits per heavy atom. The van der Waals surface area contributed by atoms with Gasteiger partial charge in [-0.2, -0.15) is 0 Å². The lowest BCUT2D eigenvalue weighted by molar-refractivity contribution is -0.121. The molecule has 24 heavy (non-hydrogen) atoms. The van der Waals surface area contributed by atoms with Crippen molar-refractivity contribution >= 4 is 45.7 Å². The molecule has 1 rings (SSSR count). The molecule has 9 heteroatoms. The number of amides is 1. The highest BCUT2D eigenvalue weighted by atomic mass is 127. The van der Waals surface area contributed by atoms with Crippen molar-refractivity contribution < 1.29 is 13.2 Å². The fourth-order valence-corrected chi connectivity index (χ4v) is 3.85. The second-order valence-corrected chi connectivity index (χ2v) is 8.58. The van der Waals surface area contributed by atoms with Gasteiger partial charge in [0.15, 0.2) is 15.8 Å². The Labute approximate surface area is 162 Å². The number of carbonyl (C=O) groups excluding carboxylic acids is 1. The number of halogens is 1. The minimum absolute atomic E-state index is 0. The summed E-state index contributed by atoms with van der Waals surface area (Å²) in [5.74, 6) is 1.25. The van der Waals surface area contributed by atoms with E-state index in [4.69, 9.17) is 0 Å². The van der Waals surface area contributed by atoms with Crippen LogP contribution in [0.3, 0.4) is 0 Å². The van der Waals surface area contributed by atoms with Gasteiger partial charge in [0, 0.05) is 25.0 Å². The zero-order valence-corrected chi connectivity index (χ0v) is 18.1. The predicted octanol–water partition coefficient (Wildman–Crippen LogP) is 0.897. The van der Waals surface area contributed by atoms with E-state index < -0.39 is 9.84 Å². The number of guanidine groups is 1. The van der Waals surface area contributed by atoms with Crippen LogP contribution >= 0.6 is 24.0 Å². The maximum atomic E-state index is 11.9. The van der Waals surface area contributed by atoms with E-state index in [9.17, 15) is 13.2 Å². The summed E-state index contributed by atoms with van der Waals surface area (Å²) in [5.41, 5.74) is 0. The van der Waals surface area contributed by atoms with E-state index in [1.165, 1.54) is 0 Å². The maximum Gasteiger partial charge on any atom is 0.222 e. The van der Waals surface area contributed by atoms with Crippen LogP contribution in [0.25, 0.3) is 0 Å². The van der Waals surface area contributed by atoms with E-state index in [1.54, 1.807) is 0 Å². The van der Waals surface area contributed by atoms with E-state index in [2.05, 4.69) is 41.7 Å². The molecule has 1 saturated heterocycles. The number of nitrogens with one attached hydrogen (secondary N) is 3. The van der Waals surface area contributed by atoms with Crippen molar-refractivity contribution in [3.05, 3.63) is 0 Å². The van der Waals surface area contributed by atoms with Gasteiger partial charge < -0.3 is 16.0 Å². The second-order valence-electron chi connectivity index (χ2n) is 6.36. The molecule has 1 aliphatic rings. The van der Waals surface area contributed by atoms with Gasteiger partial charge >= 0.3 is 0 Å². The zero-order valence-electron chi connectivity index (χ0n) is 15.0. The second kappa shape index (κ2) is 11.1. The molecule has 1 fully saturated rings. The number of carbonyl (C=O) groups is 1. The van der Waals surface area contributed by atoms with Crippen LogP contribution in [0.2, 0.25) is 0 Å². The number of nitrogens with zero attached hydrogens (tertiary/aromatic N) is 1. The van der Waals surface area contributed by atoms with Gasteiger partial charge in [0.05, 0.1) is 18.1 Å². The zero-order chi connectivity index (χ0) is 17.5. The molecule has 1 heterocycles. The predicted molar refractivity (Wildman–Crippen MR) is 109 cm³/mol. The summed E-state index contributed by atoms with van der Waals surface area (Å²) in [6.07, 6.45) is 0.761. The minimum atomic E-state index is -2.97. The Kier molecular flexibility index (Phi) is 10.8. The summed E-state index contributed by atoms with van der Waals surface area (Å²) < 4.78 is 22.7. The maximum absolute atomic E-state index is 11.9. The molecule has 7 nitrogen and oxygen atoms in total. The van der Waals surface area contributed by atoms with Crippen LogP contribution in [-0.4, -0.2) is 57.0 Å². The van der Waals surface area contributed by atoms with Gasteiger partial charge in [-0.1, -0.05) is 13.8 Å². The molecule has 0 bridgehead atoms. The monoisotopic (exact) mass is 474 g/mol. The first kappa shape index (κ1) is 23.4. The van der Waals surface area contributed by atoms with Crippen LogP contribution in [0.4, 0.5) is 0 Å². The Morgan fingerprint density at radius 3 is 2.46 bits per heavy atom. The first-order chi connectivity index (χ1) is 10.7. The van der Waals surface area contributed by atoms with Gasteiger partial charge in [0.25, 0.3) is 0 Å². The number of rotatable bonds is 7. The van der Waals surface area contributed by atoms with Gasteiger partial charge in [-0.3, -0.25) is 9.79 Å². The Bertz CT molecular complexity index is 523. The van der Waals surface area contributed by atoms with Crippen LogP contribution in [0, 0.1) is 5.92 Å². The summed E-state index contributed by atoms with van der Waals surface area (Å²) in [6.45, 7) is 9.46. The third kappa shape index (κ3) is 9.05. The van der Waals surface area contributed by atoms with Gasteiger partial charge in [0.1, 0.15) is 0 Å². The summed E-state index contributed by atoms with van der Waals surface area (Å²) in [5, 5.41) is 9.23. The highest BCUT2D eigenvalue weighted by Gasteiger charge is 2.28. The number of hydrogen-bond acceptors (Lipinski definition) is 4.